The van der Waals surface area contributed by atoms with Crippen molar-refractivity contribution < 1.29 is 22.4 Å². The van der Waals surface area contributed by atoms with Crippen LogP contribution >= 0.6 is 0 Å². The Kier molecular flexibility index (Phi) is 6.51. The van der Waals surface area contributed by atoms with Crippen molar-refractivity contribution in [2.75, 3.05) is 15.4 Å². The first-order valence-electron chi connectivity index (χ1n) is 10.6. The zero-order valence-corrected chi connectivity index (χ0v) is 19.1. The lowest BCUT2D eigenvalue weighted by atomic mass is 10.1. The van der Waals surface area contributed by atoms with Crippen LogP contribution in [0, 0.1) is 12.7 Å². The van der Waals surface area contributed by atoms with E-state index in [2.05, 4.69) is 20.7 Å². The highest BCUT2D eigenvalue weighted by molar-refractivity contribution is 7.92. The van der Waals surface area contributed by atoms with Crippen molar-refractivity contribution in [1.82, 2.24) is 5.32 Å². The third-order valence-corrected chi connectivity index (χ3v) is 6.56. The molecule has 1 aliphatic rings. The van der Waals surface area contributed by atoms with E-state index in [-0.39, 0.29) is 28.2 Å². The molecule has 0 atom stereocenters. The minimum Gasteiger partial charge on any atom is -0.335 e. The predicted molar refractivity (Wildman–Crippen MR) is 128 cm³/mol. The fourth-order valence-corrected chi connectivity index (χ4v) is 4.27. The number of amides is 3. The highest BCUT2D eigenvalue weighted by Gasteiger charge is 2.23. The molecule has 0 radical (unpaired) electrons. The lowest BCUT2D eigenvalue weighted by molar-refractivity contribution is 0.102. The van der Waals surface area contributed by atoms with E-state index >= 15 is 0 Å². The van der Waals surface area contributed by atoms with Gasteiger partial charge in [0, 0.05) is 23.0 Å². The second kappa shape index (κ2) is 9.52. The molecule has 0 aliphatic heterocycles. The summed E-state index contributed by atoms with van der Waals surface area (Å²) < 4.78 is 41.6. The number of benzene rings is 3. The number of halogens is 1. The summed E-state index contributed by atoms with van der Waals surface area (Å²) in [6, 6.07) is 16.0. The van der Waals surface area contributed by atoms with Crippen LogP contribution in [-0.2, 0) is 10.0 Å². The van der Waals surface area contributed by atoms with Gasteiger partial charge in [0.15, 0.2) is 0 Å². The van der Waals surface area contributed by atoms with Crippen LogP contribution in [0.25, 0.3) is 0 Å². The number of nitrogens with one attached hydrogen (secondary N) is 4. The molecule has 1 aliphatic carbocycles. The number of hydrogen-bond donors (Lipinski definition) is 4. The molecule has 1 saturated carbocycles. The Morgan fingerprint density at radius 3 is 2.21 bits per heavy atom. The van der Waals surface area contributed by atoms with Crippen LogP contribution in [0.2, 0.25) is 0 Å². The zero-order chi connectivity index (χ0) is 24.3. The first kappa shape index (κ1) is 23.2. The summed E-state index contributed by atoms with van der Waals surface area (Å²) >= 11 is 0. The van der Waals surface area contributed by atoms with E-state index in [1.165, 1.54) is 36.4 Å². The largest absolute Gasteiger partial charge is 0.335 e. The molecule has 3 aromatic carbocycles. The van der Waals surface area contributed by atoms with Gasteiger partial charge in [-0.3, -0.25) is 9.52 Å². The molecule has 0 spiro atoms. The number of urea groups is 1. The summed E-state index contributed by atoms with van der Waals surface area (Å²) in [7, 11) is -4.12. The fourth-order valence-electron chi connectivity index (χ4n) is 3.18. The number of aryl methyl sites for hydroxylation is 1. The molecule has 3 aromatic rings. The van der Waals surface area contributed by atoms with E-state index in [1.54, 1.807) is 31.2 Å². The predicted octanol–water partition coefficient (Wildman–Crippen LogP) is 4.47. The molecule has 0 unspecified atom stereocenters. The minimum atomic E-state index is -4.12. The van der Waals surface area contributed by atoms with E-state index < -0.39 is 21.7 Å². The fraction of sp³-hybridized carbons (Fsp3) is 0.167. The van der Waals surface area contributed by atoms with Crippen LogP contribution in [0.4, 0.5) is 26.2 Å². The Morgan fingerprint density at radius 1 is 0.912 bits per heavy atom. The number of rotatable bonds is 7. The first-order valence-corrected chi connectivity index (χ1v) is 12.1. The SMILES string of the molecule is Cc1ccc(S(=O)(=O)Nc2ccccc2F)cc1C(=O)Nc1ccc(NC(=O)NC2CC2)cc1. The molecular formula is C24H23FN4O4S. The molecular weight excluding hydrogens is 459 g/mol. The molecule has 4 N–H and O–H groups in total. The van der Waals surface area contributed by atoms with Crippen LogP contribution in [0.5, 0.6) is 0 Å². The third-order valence-electron chi connectivity index (χ3n) is 5.20. The maximum absolute atomic E-state index is 13.9. The number of carbonyl (C=O) groups is 2. The topological polar surface area (TPSA) is 116 Å². The summed E-state index contributed by atoms with van der Waals surface area (Å²) in [5, 5.41) is 8.25. The van der Waals surface area contributed by atoms with Gasteiger partial charge in [-0.1, -0.05) is 18.2 Å². The van der Waals surface area contributed by atoms with Crippen LogP contribution in [-0.4, -0.2) is 26.4 Å². The average molecular weight is 483 g/mol. The summed E-state index contributed by atoms with van der Waals surface area (Å²) in [6.45, 7) is 1.68. The molecule has 176 valence electrons. The zero-order valence-electron chi connectivity index (χ0n) is 18.3. The molecule has 3 amide bonds. The molecule has 34 heavy (non-hydrogen) atoms. The lowest BCUT2D eigenvalue weighted by Crippen LogP contribution is -2.30. The summed E-state index contributed by atoms with van der Waals surface area (Å²) in [4.78, 5) is 24.5. The van der Waals surface area contributed by atoms with E-state index in [9.17, 15) is 22.4 Å². The van der Waals surface area contributed by atoms with Crippen LogP contribution < -0.4 is 20.7 Å². The van der Waals surface area contributed by atoms with Gasteiger partial charge in [0.25, 0.3) is 15.9 Å². The Bertz CT molecular complexity index is 1340. The van der Waals surface area contributed by atoms with Gasteiger partial charge in [0.1, 0.15) is 5.82 Å². The third kappa shape index (κ3) is 5.70. The van der Waals surface area contributed by atoms with E-state index in [4.69, 9.17) is 0 Å². The van der Waals surface area contributed by atoms with Crippen LogP contribution in [0.1, 0.15) is 28.8 Å². The van der Waals surface area contributed by atoms with Gasteiger partial charge in [-0.25, -0.2) is 17.6 Å². The second-order valence-electron chi connectivity index (χ2n) is 7.97. The molecule has 8 nitrogen and oxygen atoms in total. The van der Waals surface area contributed by atoms with Crippen molar-refractivity contribution in [3.63, 3.8) is 0 Å². The Morgan fingerprint density at radius 2 is 1.56 bits per heavy atom. The summed E-state index contributed by atoms with van der Waals surface area (Å²) in [5.41, 5.74) is 1.57. The maximum Gasteiger partial charge on any atom is 0.319 e. The highest BCUT2D eigenvalue weighted by Crippen LogP contribution is 2.23. The monoisotopic (exact) mass is 482 g/mol. The Labute approximate surface area is 196 Å². The molecule has 1 fully saturated rings. The number of anilines is 3. The molecule has 0 bridgehead atoms. The summed E-state index contributed by atoms with van der Waals surface area (Å²) in [6.07, 6.45) is 1.97. The molecule has 0 heterocycles. The van der Waals surface area contributed by atoms with Gasteiger partial charge < -0.3 is 16.0 Å². The van der Waals surface area contributed by atoms with Gasteiger partial charge in [-0.05, 0) is 73.9 Å². The minimum absolute atomic E-state index is 0.155. The van der Waals surface area contributed by atoms with Crippen molar-refractivity contribution >= 4 is 39.0 Å². The van der Waals surface area contributed by atoms with Crippen molar-refractivity contribution in [2.24, 2.45) is 0 Å². The van der Waals surface area contributed by atoms with Gasteiger partial charge in [0.05, 0.1) is 10.6 Å². The molecule has 0 saturated heterocycles. The molecule has 4 rings (SSSR count). The number of carbonyl (C=O) groups excluding carboxylic acids is 2. The first-order chi connectivity index (χ1) is 16.2. The number of sulfonamides is 1. The van der Waals surface area contributed by atoms with Crippen LogP contribution in [0.15, 0.2) is 71.6 Å². The van der Waals surface area contributed by atoms with Gasteiger partial charge in [-0.2, -0.15) is 0 Å². The maximum atomic E-state index is 13.9. The van der Waals surface area contributed by atoms with E-state index in [0.29, 0.717) is 16.9 Å². The van der Waals surface area contributed by atoms with Crippen LogP contribution in [0.3, 0.4) is 0 Å². The van der Waals surface area contributed by atoms with Crippen molar-refractivity contribution in [1.29, 1.82) is 0 Å². The molecule has 0 aromatic heterocycles. The van der Waals surface area contributed by atoms with Gasteiger partial charge >= 0.3 is 6.03 Å². The lowest BCUT2D eigenvalue weighted by Gasteiger charge is -2.13. The number of para-hydroxylation sites is 1. The van der Waals surface area contributed by atoms with E-state index in [1.807, 2.05) is 0 Å². The van der Waals surface area contributed by atoms with Gasteiger partial charge in [0.2, 0.25) is 0 Å². The number of hydrogen-bond acceptors (Lipinski definition) is 4. The normalized spacial score (nSPS) is 13.1. The average Bonchev–Trinajstić information content (AvgIpc) is 3.60. The quantitative estimate of drug-likeness (QED) is 0.398. The Hall–Kier alpha value is -3.92. The van der Waals surface area contributed by atoms with Crippen molar-refractivity contribution in [3.05, 3.63) is 83.7 Å². The second-order valence-corrected chi connectivity index (χ2v) is 9.65. The smallest absolute Gasteiger partial charge is 0.319 e. The van der Waals surface area contributed by atoms with E-state index in [0.717, 1.165) is 18.9 Å². The Balaban J connectivity index is 1.46. The molecule has 10 heteroatoms. The highest BCUT2D eigenvalue weighted by atomic mass is 32.2. The van der Waals surface area contributed by atoms with Crippen molar-refractivity contribution in [2.45, 2.75) is 30.7 Å². The van der Waals surface area contributed by atoms with Gasteiger partial charge in [-0.15, -0.1) is 0 Å². The summed E-state index contributed by atoms with van der Waals surface area (Å²) in [5.74, 6) is -1.22. The van der Waals surface area contributed by atoms with Crippen molar-refractivity contribution in [3.8, 4) is 0 Å². The standard InChI is InChI=1S/C24H23FN4O4S/c1-15-6-13-19(34(32,33)29-22-5-3-2-4-21(22)25)14-20(15)23(30)26-16-7-9-17(10-8-16)27-24(31)28-18-11-12-18/h2-10,13-14,18,29H,11-12H2,1H3,(H,26,30)(H2,27,28,31).